The van der Waals surface area contributed by atoms with Crippen LogP contribution in [0, 0.1) is 0 Å². The van der Waals surface area contributed by atoms with Crippen LogP contribution < -0.4 is 10.6 Å². The first-order chi connectivity index (χ1) is 11.7. The maximum absolute atomic E-state index is 12.6. The van der Waals surface area contributed by atoms with E-state index in [1.165, 1.54) is 0 Å². The number of likely N-dealkylation sites (N-methyl/N-ethyl adjacent to an activating group) is 1. The molecule has 0 radical (unpaired) electrons. The molecule has 3 aromatic rings. The third-order valence-corrected chi connectivity index (χ3v) is 3.90. The average Bonchev–Trinajstić information content (AvgIpc) is 3.02. The molecule has 0 spiro atoms. The van der Waals surface area contributed by atoms with Gasteiger partial charge in [-0.05, 0) is 49.8 Å². The van der Waals surface area contributed by atoms with Crippen molar-refractivity contribution in [2.75, 3.05) is 18.9 Å². The van der Waals surface area contributed by atoms with E-state index in [9.17, 15) is 4.79 Å². The van der Waals surface area contributed by atoms with Crippen molar-refractivity contribution in [1.82, 2.24) is 10.3 Å². The normalized spacial score (nSPS) is 10.9. The molecule has 0 aliphatic carbocycles. The molecule has 0 aliphatic heterocycles. The smallest absolute Gasteiger partial charge is 0.255 e. The summed E-state index contributed by atoms with van der Waals surface area (Å²) in [5, 5.41) is 6.06. The van der Waals surface area contributed by atoms with Crippen LogP contribution in [0.4, 0.5) is 5.69 Å². The van der Waals surface area contributed by atoms with Gasteiger partial charge in [0, 0.05) is 17.7 Å². The van der Waals surface area contributed by atoms with Gasteiger partial charge in [0.2, 0.25) is 0 Å². The quantitative estimate of drug-likeness (QED) is 0.729. The van der Waals surface area contributed by atoms with Gasteiger partial charge < -0.3 is 15.1 Å². The maximum atomic E-state index is 12.6. The van der Waals surface area contributed by atoms with Gasteiger partial charge in [-0.3, -0.25) is 4.79 Å². The van der Waals surface area contributed by atoms with Crippen molar-refractivity contribution in [3.63, 3.8) is 0 Å². The van der Waals surface area contributed by atoms with Gasteiger partial charge in [0.15, 0.2) is 11.5 Å². The van der Waals surface area contributed by atoms with Crippen LogP contribution >= 0.6 is 0 Å². The summed E-state index contributed by atoms with van der Waals surface area (Å²) in [7, 11) is 1.90. The lowest BCUT2D eigenvalue weighted by molar-refractivity contribution is 0.102. The number of benzene rings is 2. The second-order valence-electron chi connectivity index (χ2n) is 5.61. The van der Waals surface area contributed by atoms with Crippen molar-refractivity contribution in [2.45, 2.75) is 19.8 Å². The monoisotopic (exact) mass is 323 g/mol. The molecule has 0 saturated heterocycles. The maximum Gasteiger partial charge on any atom is 0.255 e. The number of aromatic nitrogens is 1. The molecule has 1 amide bonds. The van der Waals surface area contributed by atoms with Crippen molar-refractivity contribution in [3.8, 4) is 0 Å². The minimum Gasteiger partial charge on any atom is -0.441 e. The van der Waals surface area contributed by atoms with Gasteiger partial charge in [0.05, 0.1) is 0 Å². The van der Waals surface area contributed by atoms with Crippen LogP contribution in [-0.4, -0.2) is 24.5 Å². The highest BCUT2D eigenvalue weighted by Gasteiger charge is 2.12. The number of rotatable bonds is 6. The molecule has 1 aromatic heterocycles. The summed E-state index contributed by atoms with van der Waals surface area (Å²) >= 11 is 0. The number of amides is 1. The summed E-state index contributed by atoms with van der Waals surface area (Å²) < 4.78 is 5.59. The predicted molar refractivity (Wildman–Crippen MR) is 95.4 cm³/mol. The van der Waals surface area contributed by atoms with Crippen molar-refractivity contribution < 1.29 is 9.21 Å². The number of aryl methyl sites for hydroxylation is 1. The fraction of sp³-hybridized carbons (Fsp3) is 0.263. The van der Waals surface area contributed by atoms with Crippen LogP contribution in [0.15, 0.2) is 46.9 Å². The zero-order valence-corrected chi connectivity index (χ0v) is 13.9. The number of anilines is 1. The van der Waals surface area contributed by atoms with Crippen molar-refractivity contribution >= 4 is 22.7 Å². The van der Waals surface area contributed by atoms with Gasteiger partial charge in [-0.25, -0.2) is 4.98 Å². The fourth-order valence-electron chi connectivity index (χ4n) is 2.62. The fourth-order valence-corrected chi connectivity index (χ4v) is 2.62. The van der Waals surface area contributed by atoms with Gasteiger partial charge in [-0.15, -0.1) is 0 Å². The molecule has 5 nitrogen and oxygen atoms in total. The van der Waals surface area contributed by atoms with Crippen LogP contribution in [-0.2, 0) is 12.8 Å². The summed E-state index contributed by atoms with van der Waals surface area (Å²) in [6.07, 6.45) is 1.55. The molecule has 2 N–H and O–H groups in total. The molecule has 0 aliphatic rings. The number of hydrogen-bond donors (Lipinski definition) is 2. The Balaban J connectivity index is 1.82. The Hall–Kier alpha value is -2.66. The minimum absolute atomic E-state index is 0.111. The highest BCUT2D eigenvalue weighted by molar-refractivity contribution is 6.05. The van der Waals surface area contributed by atoms with E-state index in [4.69, 9.17) is 4.42 Å². The van der Waals surface area contributed by atoms with E-state index < -0.39 is 0 Å². The molecule has 0 fully saturated rings. The zero-order valence-electron chi connectivity index (χ0n) is 13.9. The lowest BCUT2D eigenvalue weighted by atomic mass is 10.0. The van der Waals surface area contributed by atoms with E-state index in [0.29, 0.717) is 17.1 Å². The molecule has 0 atom stereocenters. The van der Waals surface area contributed by atoms with Gasteiger partial charge in [0.25, 0.3) is 5.91 Å². The third kappa shape index (κ3) is 3.46. The van der Waals surface area contributed by atoms with Crippen molar-refractivity contribution in [1.29, 1.82) is 0 Å². The summed E-state index contributed by atoms with van der Waals surface area (Å²) in [5.41, 5.74) is 3.93. The van der Waals surface area contributed by atoms with Crippen LogP contribution in [0.5, 0.6) is 0 Å². The molecular formula is C19H21N3O2. The Morgan fingerprint density at radius 2 is 2.04 bits per heavy atom. The Bertz CT molecular complexity index is 855. The molecule has 0 bridgehead atoms. The van der Waals surface area contributed by atoms with Gasteiger partial charge in [-0.1, -0.05) is 25.1 Å². The summed E-state index contributed by atoms with van der Waals surface area (Å²) in [6, 6.07) is 13.2. The topological polar surface area (TPSA) is 67.2 Å². The summed E-state index contributed by atoms with van der Waals surface area (Å²) in [5.74, 6) is 0.589. The number of fused-ring (bicyclic) bond motifs is 1. The van der Waals surface area contributed by atoms with Gasteiger partial charge in [0.1, 0.15) is 5.52 Å². The SMILES string of the molecule is CCc1nc2cc(NC(=O)c3ccccc3CCNC)ccc2o1. The van der Waals surface area contributed by atoms with Crippen LogP contribution in [0.3, 0.4) is 0 Å². The molecule has 3 rings (SSSR count). The minimum atomic E-state index is -0.111. The Kier molecular flexibility index (Phi) is 4.91. The van der Waals surface area contributed by atoms with E-state index in [0.717, 1.165) is 36.0 Å². The highest BCUT2D eigenvalue weighted by atomic mass is 16.3. The average molecular weight is 323 g/mol. The molecule has 1 heterocycles. The number of oxazole rings is 1. The van der Waals surface area contributed by atoms with Gasteiger partial charge >= 0.3 is 0 Å². The largest absolute Gasteiger partial charge is 0.441 e. The third-order valence-electron chi connectivity index (χ3n) is 3.90. The second kappa shape index (κ2) is 7.27. The Morgan fingerprint density at radius 3 is 2.83 bits per heavy atom. The van der Waals surface area contributed by atoms with Crippen LogP contribution in [0.1, 0.15) is 28.7 Å². The zero-order chi connectivity index (χ0) is 16.9. The predicted octanol–water partition coefficient (Wildman–Crippen LogP) is 3.40. The van der Waals surface area contributed by atoms with E-state index in [-0.39, 0.29) is 5.91 Å². The first kappa shape index (κ1) is 16.2. The molecule has 0 saturated carbocycles. The Labute approximate surface area is 141 Å². The number of carbonyl (C=O) groups is 1. The standard InChI is InChI=1S/C19H21N3O2/c1-3-18-22-16-12-14(8-9-17(16)24-18)21-19(23)15-7-5-4-6-13(15)10-11-20-2/h4-9,12,20H,3,10-11H2,1-2H3,(H,21,23). The Morgan fingerprint density at radius 1 is 1.21 bits per heavy atom. The van der Waals surface area contributed by atoms with Crippen molar-refractivity contribution in [2.24, 2.45) is 0 Å². The lowest BCUT2D eigenvalue weighted by Gasteiger charge is -2.10. The molecule has 124 valence electrons. The second-order valence-corrected chi connectivity index (χ2v) is 5.61. The molecule has 0 unspecified atom stereocenters. The number of hydrogen-bond acceptors (Lipinski definition) is 4. The number of nitrogens with zero attached hydrogens (tertiary/aromatic N) is 1. The van der Waals surface area contributed by atoms with Crippen molar-refractivity contribution in [3.05, 3.63) is 59.5 Å². The molecule has 2 aromatic carbocycles. The highest BCUT2D eigenvalue weighted by Crippen LogP contribution is 2.21. The van der Waals surface area contributed by atoms with E-state index >= 15 is 0 Å². The van der Waals surface area contributed by atoms with E-state index in [2.05, 4.69) is 15.6 Å². The number of nitrogens with one attached hydrogen (secondary N) is 2. The number of carbonyl (C=O) groups excluding carboxylic acids is 1. The molecule has 24 heavy (non-hydrogen) atoms. The van der Waals surface area contributed by atoms with Gasteiger partial charge in [-0.2, -0.15) is 0 Å². The van der Waals surface area contributed by atoms with E-state index in [1.54, 1.807) is 0 Å². The van der Waals surface area contributed by atoms with Crippen LogP contribution in [0.2, 0.25) is 0 Å². The van der Waals surface area contributed by atoms with Crippen LogP contribution in [0.25, 0.3) is 11.1 Å². The lowest BCUT2D eigenvalue weighted by Crippen LogP contribution is -2.17. The van der Waals surface area contributed by atoms with E-state index in [1.807, 2.05) is 56.4 Å². The molecular weight excluding hydrogens is 302 g/mol. The first-order valence-corrected chi connectivity index (χ1v) is 8.14. The summed E-state index contributed by atoms with van der Waals surface area (Å²) in [4.78, 5) is 17.0. The molecule has 5 heteroatoms. The first-order valence-electron chi connectivity index (χ1n) is 8.14. The summed E-state index contributed by atoms with van der Waals surface area (Å²) in [6.45, 7) is 2.82.